The van der Waals surface area contributed by atoms with Crippen molar-refractivity contribution in [3.63, 3.8) is 0 Å². The van der Waals surface area contributed by atoms with Gasteiger partial charge < -0.3 is 10.2 Å². The Kier molecular flexibility index (Phi) is 5.37. The van der Waals surface area contributed by atoms with Crippen molar-refractivity contribution in [3.8, 4) is 0 Å². The first-order valence-corrected chi connectivity index (χ1v) is 10.2. The quantitative estimate of drug-likeness (QED) is 0.510. The number of aliphatic imine (C=N–C) groups is 1. The molecule has 4 rings (SSSR count). The zero-order valence-electron chi connectivity index (χ0n) is 15.8. The van der Waals surface area contributed by atoms with Gasteiger partial charge in [0.2, 0.25) is 0 Å². The number of nitrogens with one attached hydrogen (secondary N) is 1. The van der Waals surface area contributed by atoms with Gasteiger partial charge in [-0.3, -0.25) is 9.39 Å². The zero-order valence-corrected chi connectivity index (χ0v) is 15.8. The van der Waals surface area contributed by atoms with Gasteiger partial charge in [0.1, 0.15) is 5.82 Å². The van der Waals surface area contributed by atoms with Crippen molar-refractivity contribution in [2.45, 2.75) is 45.4 Å². The molecule has 6 heteroatoms. The first-order valence-electron chi connectivity index (χ1n) is 10.2. The van der Waals surface area contributed by atoms with Gasteiger partial charge in [-0.2, -0.15) is 0 Å². The van der Waals surface area contributed by atoms with Crippen LogP contribution in [0.4, 0.5) is 0 Å². The maximum atomic E-state index is 4.91. The highest BCUT2D eigenvalue weighted by molar-refractivity contribution is 5.80. The van der Waals surface area contributed by atoms with Crippen LogP contribution in [-0.2, 0) is 6.42 Å². The Morgan fingerprint density at radius 3 is 2.77 bits per heavy atom. The second-order valence-electron chi connectivity index (χ2n) is 7.59. The summed E-state index contributed by atoms with van der Waals surface area (Å²) >= 11 is 0. The van der Waals surface area contributed by atoms with Crippen LogP contribution in [0.25, 0.3) is 5.65 Å². The Balaban J connectivity index is 1.34. The Bertz CT molecular complexity index is 738. The molecule has 0 aromatic carbocycles. The number of aromatic nitrogens is 3. The molecular weight excluding hydrogens is 324 g/mol. The molecule has 0 spiro atoms. The molecule has 0 radical (unpaired) electrons. The first kappa shape index (κ1) is 17.3. The van der Waals surface area contributed by atoms with Gasteiger partial charge in [0.05, 0.1) is 0 Å². The first-order chi connectivity index (χ1) is 12.8. The zero-order chi connectivity index (χ0) is 17.8. The van der Waals surface area contributed by atoms with Crippen molar-refractivity contribution in [3.05, 3.63) is 30.2 Å². The van der Waals surface area contributed by atoms with Crippen molar-refractivity contribution >= 4 is 11.6 Å². The molecule has 1 aliphatic carbocycles. The average molecular weight is 355 g/mol. The number of likely N-dealkylation sites (tertiary alicyclic amines) is 1. The molecule has 2 aromatic rings. The van der Waals surface area contributed by atoms with E-state index in [1.807, 2.05) is 24.4 Å². The molecule has 2 aliphatic rings. The maximum Gasteiger partial charge on any atom is 0.193 e. The van der Waals surface area contributed by atoms with Gasteiger partial charge in [-0.05, 0) is 50.2 Å². The molecule has 1 saturated carbocycles. The molecular formula is C20H30N6. The normalized spacial score (nSPS) is 23.4. The fraction of sp³-hybridized carbons (Fsp3) is 0.650. The number of nitrogens with zero attached hydrogens (tertiary/aromatic N) is 5. The van der Waals surface area contributed by atoms with Crippen LogP contribution < -0.4 is 5.32 Å². The van der Waals surface area contributed by atoms with Gasteiger partial charge in [-0.1, -0.05) is 18.9 Å². The lowest BCUT2D eigenvalue weighted by molar-refractivity contribution is 0.299. The van der Waals surface area contributed by atoms with Crippen molar-refractivity contribution in [2.75, 3.05) is 26.2 Å². The summed E-state index contributed by atoms with van der Waals surface area (Å²) < 4.78 is 2.07. The summed E-state index contributed by atoms with van der Waals surface area (Å²) in [5, 5.41) is 12.0. The van der Waals surface area contributed by atoms with Crippen molar-refractivity contribution in [1.82, 2.24) is 24.8 Å². The smallest absolute Gasteiger partial charge is 0.193 e. The van der Waals surface area contributed by atoms with Gasteiger partial charge in [-0.25, -0.2) is 0 Å². The van der Waals surface area contributed by atoms with Crippen LogP contribution >= 0.6 is 0 Å². The van der Waals surface area contributed by atoms with E-state index in [4.69, 9.17) is 4.99 Å². The lowest BCUT2D eigenvalue weighted by Crippen LogP contribution is -2.40. The Labute approximate surface area is 155 Å². The minimum Gasteiger partial charge on any atom is -0.357 e. The molecule has 2 fully saturated rings. The number of aryl methyl sites for hydroxylation is 1. The third-order valence-corrected chi connectivity index (χ3v) is 5.82. The molecule has 1 aliphatic heterocycles. The van der Waals surface area contributed by atoms with E-state index in [1.165, 1.54) is 38.8 Å². The van der Waals surface area contributed by atoms with E-state index in [0.717, 1.165) is 55.2 Å². The Morgan fingerprint density at radius 1 is 1.19 bits per heavy atom. The molecule has 0 bridgehead atoms. The molecule has 1 N–H and O–H groups in total. The topological polar surface area (TPSA) is 57.8 Å². The van der Waals surface area contributed by atoms with E-state index in [1.54, 1.807) is 0 Å². The predicted octanol–water partition coefficient (Wildman–Crippen LogP) is 2.75. The highest BCUT2D eigenvalue weighted by Gasteiger charge is 2.35. The molecule has 2 aromatic heterocycles. The molecule has 3 heterocycles. The monoisotopic (exact) mass is 354 g/mol. The molecule has 2 unspecified atom stereocenters. The number of hydrogen-bond acceptors (Lipinski definition) is 3. The van der Waals surface area contributed by atoms with Gasteiger partial charge in [-0.15, -0.1) is 10.2 Å². The summed E-state index contributed by atoms with van der Waals surface area (Å²) in [7, 11) is 0. The van der Waals surface area contributed by atoms with E-state index in [-0.39, 0.29) is 0 Å². The standard InChI is InChI=1S/C20H30N6/c1-2-21-20(25-14-16-8-3-4-9-17(16)15-25)22-12-7-11-19-24-23-18-10-5-6-13-26(18)19/h5-6,10,13,16-17H,2-4,7-9,11-12,14-15H2,1H3,(H,21,22). The predicted molar refractivity (Wildman–Crippen MR) is 104 cm³/mol. The number of fused-ring (bicyclic) bond motifs is 2. The van der Waals surface area contributed by atoms with Gasteiger partial charge in [0.15, 0.2) is 11.6 Å². The second kappa shape index (κ2) is 8.06. The average Bonchev–Trinajstić information content (AvgIpc) is 3.28. The van der Waals surface area contributed by atoms with Crippen molar-refractivity contribution < 1.29 is 0 Å². The van der Waals surface area contributed by atoms with Crippen LogP contribution in [0, 0.1) is 11.8 Å². The van der Waals surface area contributed by atoms with E-state index in [2.05, 4.69) is 31.7 Å². The molecule has 1 saturated heterocycles. The lowest BCUT2D eigenvalue weighted by Gasteiger charge is -2.22. The minimum absolute atomic E-state index is 0.829. The largest absolute Gasteiger partial charge is 0.357 e. The van der Waals surface area contributed by atoms with Gasteiger partial charge in [0, 0.05) is 38.8 Å². The van der Waals surface area contributed by atoms with Gasteiger partial charge >= 0.3 is 0 Å². The van der Waals surface area contributed by atoms with Crippen LogP contribution in [0.5, 0.6) is 0 Å². The van der Waals surface area contributed by atoms with Gasteiger partial charge in [0.25, 0.3) is 0 Å². The van der Waals surface area contributed by atoms with Crippen LogP contribution in [0.15, 0.2) is 29.4 Å². The van der Waals surface area contributed by atoms with E-state index in [0.29, 0.717) is 0 Å². The molecule has 26 heavy (non-hydrogen) atoms. The fourth-order valence-corrected chi connectivity index (χ4v) is 4.49. The number of pyridine rings is 1. The SMILES string of the molecule is CCNC(=NCCCc1nnc2ccccn12)N1CC2CCCCC2C1. The molecule has 2 atom stereocenters. The van der Waals surface area contributed by atoms with Crippen molar-refractivity contribution in [2.24, 2.45) is 16.8 Å². The van der Waals surface area contributed by atoms with E-state index in [9.17, 15) is 0 Å². The van der Waals surface area contributed by atoms with Crippen LogP contribution in [0.3, 0.4) is 0 Å². The second-order valence-corrected chi connectivity index (χ2v) is 7.59. The third kappa shape index (κ3) is 3.69. The number of rotatable bonds is 5. The highest BCUT2D eigenvalue weighted by Crippen LogP contribution is 2.35. The van der Waals surface area contributed by atoms with Crippen LogP contribution in [0.2, 0.25) is 0 Å². The maximum absolute atomic E-state index is 4.91. The summed E-state index contributed by atoms with van der Waals surface area (Å²) in [4.78, 5) is 7.40. The Hall–Kier alpha value is -2.11. The number of guanidine groups is 1. The molecule has 140 valence electrons. The minimum atomic E-state index is 0.829. The summed E-state index contributed by atoms with van der Waals surface area (Å²) in [5.74, 6) is 3.89. The Morgan fingerprint density at radius 2 is 2.00 bits per heavy atom. The van der Waals surface area contributed by atoms with Crippen LogP contribution in [0.1, 0.15) is 44.9 Å². The summed E-state index contributed by atoms with van der Waals surface area (Å²) in [6.45, 7) is 6.28. The fourth-order valence-electron chi connectivity index (χ4n) is 4.49. The molecule has 0 amide bonds. The molecule has 6 nitrogen and oxygen atoms in total. The number of hydrogen-bond donors (Lipinski definition) is 1. The van der Waals surface area contributed by atoms with Crippen molar-refractivity contribution in [1.29, 1.82) is 0 Å². The van der Waals surface area contributed by atoms with E-state index < -0.39 is 0 Å². The van der Waals surface area contributed by atoms with E-state index >= 15 is 0 Å². The third-order valence-electron chi connectivity index (χ3n) is 5.82. The lowest BCUT2D eigenvalue weighted by atomic mass is 9.82. The summed E-state index contributed by atoms with van der Waals surface area (Å²) in [5.41, 5.74) is 0.916. The summed E-state index contributed by atoms with van der Waals surface area (Å²) in [6.07, 6.45) is 9.56. The summed E-state index contributed by atoms with van der Waals surface area (Å²) in [6, 6.07) is 6.01. The highest BCUT2D eigenvalue weighted by atomic mass is 15.3. The van der Waals surface area contributed by atoms with Crippen LogP contribution in [-0.4, -0.2) is 51.6 Å².